The second kappa shape index (κ2) is 17.0. The number of benzene rings is 3. The van der Waals surface area contributed by atoms with Crippen molar-refractivity contribution in [1.29, 1.82) is 0 Å². The Labute approximate surface area is 376 Å². The molecule has 9 rings (SSSR count). The van der Waals surface area contributed by atoms with E-state index in [4.69, 9.17) is 14.8 Å². The molecular formula is C51H54N6O6S. The van der Waals surface area contributed by atoms with Gasteiger partial charge in [-0.05, 0) is 132 Å². The number of fused-ring (bicyclic) bond motifs is 7. The predicted octanol–water partition coefficient (Wildman–Crippen LogP) is 11.2. The van der Waals surface area contributed by atoms with Crippen LogP contribution in [0.3, 0.4) is 0 Å². The summed E-state index contributed by atoms with van der Waals surface area (Å²) >= 11 is 1.62. The molecule has 0 radical (unpaired) electrons. The molecule has 0 bridgehead atoms. The number of nitrogens with zero attached hydrogens (tertiary/aromatic N) is 4. The first kappa shape index (κ1) is 42.9. The van der Waals surface area contributed by atoms with Crippen LogP contribution in [-0.2, 0) is 20.9 Å². The molecular weight excluding hydrogens is 825 g/mol. The van der Waals surface area contributed by atoms with Gasteiger partial charge in [0.2, 0.25) is 5.91 Å². The van der Waals surface area contributed by atoms with Crippen LogP contribution >= 0.6 is 11.3 Å². The Balaban J connectivity index is 1.13. The van der Waals surface area contributed by atoms with Crippen molar-refractivity contribution in [2.24, 2.45) is 0 Å². The van der Waals surface area contributed by atoms with Crippen molar-refractivity contribution < 1.29 is 29.0 Å². The molecule has 12 nitrogen and oxygen atoms in total. The Morgan fingerprint density at radius 1 is 0.875 bits per heavy atom. The van der Waals surface area contributed by atoms with E-state index in [0.29, 0.717) is 42.7 Å². The van der Waals surface area contributed by atoms with Crippen molar-refractivity contribution in [1.82, 2.24) is 19.9 Å². The third-order valence-electron chi connectivity index (χ3n) is 12.9. The van der Waals surface area contributed by atoms with Crippen LogP contribution in [0.15, 0.2) is 72.8 Å². The minimum absolute atomic E-state index is 0.283. The number of thiazole rings is 1. The summed E-state index contributed by atoms with van der Waals surface area (Å²) in [5, 5.41) is 18.1. The number of nitrogens with one attached hydrogen (secondary N) is 2. The number of aryl methyl sites for hydroxylation is 2. The van der Waals surface area contributed by atoms with Crippen molar-refractivity contribution in [3.05, 3.63) is 100 Å². The number of carbonyl (C=O) groups excluding carboxylic acids is 3. The van der Waals surface area contributed by atoms with E-state index < -0.39 is 23.2 Å². The van der Waals surface area contributed by atoms with Crippen LogP contribution in [0, 0.1) is 13.8 Å². The maximum absolute atomic E-state index is 14.5. The molecule has 2 aliphatic carbocycles. The molecule has 6 aromatic rings. The van der Waals surface area contributed by atoms with E-state index in [1.54, 1.807) is 40.5 Å². The van der Waals surface area contributed by atoms with Gasteiger partial charge < -0.3 is 25.0 Å². The zero-order valence-corrected chi connectivity index (χ0v) is 37.9. The Hall–Kier alpha value is -6.34. The molecule has 2 fully saturated rings. The summed E-state index contributed by atoms with van der Waals surface area (Å²) in [5.74, 6) is -1.36. The maximum atomic E-state index is 14.5. The smallest absolute Gasteiger partial charge is 0.414 e. The number of amides is 3. The fourth-order valence-electron chi connectivity index (χ4n) is 9.99. The largest absolute Gasteiger partial charge is 0.478 e. The van der Waals surface area contributed by atoms with E-state index in [0.717, 1.165) is 105 Å². The predicted molar refractivity (Wildman–Crippen MR) is 253 cm³/mol. The third-order valence-corrected chi connectivity index (χ3v) is 14.0. The molecule has 2 saturated carbocycles. The van der Waals surface area contributed by atoms with Crippen molar-refractivity contribution in [3.63, 3.8) is 0 Å². The van der Waals surface area contributed by atoms with Crippen molar-refractivity contribution in [3.8, 4) is 21.8 Å². The maximum Gasteiger partial charge on any atom is 0.414 e. The van der Waals surface area contributed by atoms with Crippen molar-refractivity contribution in [2.75, 3.05) is 16.8 Å². The molecule has 3 aromatic heterocycles. The molecule has 0 spiro atoms. The summed E-state index contributed by atoms with van der Waals surface area (Å²) in [6.45, 7) is 10.4. The molecule has 64 heavy (non-hydrogen) atoms. The molecule has 0 atom stereocenters. The topological polar surface area (TPSA) is 156 Å². The van der Waals surface area contributed by atoms with Crippen molar-refractivity contribution >= 4 is 74.5 Å². The lowest BCUT2D eigenvalue weighted by molar-refractivity contribution is -0.131. The number of aliphatic carboxylic acids is 1. The molecule has 0 saturated heterocycles. The van der Waals surface area contributed by atoms with Crippen LogP contribution in [0.5, 0.6) is 0 Å². The van der Waals surface area contributed by atoms with Gasteiger partial charge in [0.1, 0.15) is 11.1 Å². The fraction of sp³-hybridized carbons (Fsp3) is 0.373. The number of carbonyl (C=O) groups is 4. The van der Waals surface area contributed by atoms with E-state index >= 15 is 0 Å². The van der Waals surface area contributed by atoms with E-state index in [1.807, 2.05) is 52.8 Å². The SMILES string of the molecule is Cc1nc(C)c(-c2ccc3c4c(ccc3n2)-c2c(C3CCCCC3)c3ccc(C(=O)NC5(C(=O)Nc6ccc(C=CC(=O)O)cc6)CCCC5)cc3n2CCN4C(=O)OC(C)(C)C)s1. The lowest BCUT2D eigenvalue weighted by atomic mass is 9.81. The molecule has 4 heterocycles. The van der Waals surface area contributed by atoms with Gasteiger partial charge in [0.15, 0.2) is 0 Å². The van der Waals surface area contributed by atoms with Crippen LogP contribution in [0.2, 0.25) is 0 Å². The summed E-state index contributed by atoms with van der Waals surface area (Å²) in [7, 11) is 0. The first-order valence-electron chi connectivity index (χ1n) is 22.4. The summed E-state index contributed by atoms with van der Waals surface area (Å²) in [6.07, 6.45) is 10.3. The van der Waals surface area contributed by atoms with Gasteiger partial charge in [-0.2, -0.15) is 0 Å². The number of carboxylic acids is 1. The minimum Gasteiger partial charge on any atom is -0.478 e. The lowest BCUT2D eigenvalue weighted by Crippen LogP contribution is -2.55. The molecule has 0 unspecified atom stereocenters. The number of ether oxygens (including phenoxy) is 1. The number of anilines is 2. The molecule has 13 heteroatoms. The Kier molecular flexibility index (Phi) is 11.4. The molecule has 3 aliphatic rings. The average molecular weight is 879 g/mol. The van der Waals surface area contributed by atoms with Crippen LogP contribution in [0.25, 0.3) is 49.7 Å². The van der Waals surface area contributed by atoms with Gasteiger partial charge in [0.25, 0.3) is 5.91 Å². The van der Waals surface area contributed by atoms with Gasteiger partial charge in [-0.3, -0.25) is 14.5 Å². The second-order valence-corrected chi connectivity index (χ2v) is 19.7. The quantitative estimate of drug-likeness (QED) is 0.128. The van der Waals surface area contributed by atoms with Gasteiger partial charge in [-0.25, -0.2) is 19.6 Å². The highest BCUT2D eigenvalue weighted by molar-refractivity contribution is 7.15. The normalized spacial score (nSPS) is 16.4. The number of carboxylic acid groups (broad SMARTS) is 1. The van der Waals surface area contributed by atoms with Gasteiger partial charge in [-0.1, -0.05) is 50.3 Å². The lowest BCUT2D eigenvalue weighted by Gasteiger charge is -2.29. The monoisotopic (exact) mass is 878 g/mol. The van der Waals surface area contributed by atoms with E-state index in [2.05, 4.69) is 44.5 Å². The average Bonchev–Trinajstić information content (AvgIpc) is 3.94. The van der Waals surface area contributed by atoms with Gasteiger partial charge >= 0.3 is 12.1 Å². The van der Waals surface area contributed by atoms with Crippen LogP contribution in [-0.4, -0.2) is 61.2 Å². The number of hydrogen-bond acceptors (Lipinski definition) is 8. The molecule has 3 N–H and O–H groups in total. The molecule has 3 amide bonds. The summed E-state index contributed by atoms with van der Waals surface area (Å²) in [5.41, 5.74) is 7.31. The molecule has 1 aliphatic heterocycles. The summed E-state index contributed by atoms with van der Waals surface area (Å²) < 4.78 is 8.40. The zero-order valence-electron chi connectivity index (χ0n) is 37.0. The highest BCUT2D eigenvalue weighted by atomic mass is 32.1. The first-order chi connectivity index (χ1) is 30.7. The minimum atomic E-state index is -1.10. The zero-order chi connectivity index (χ0) is 44.9. The first-order valence-corrected chi connectivity index (χ1v) is 23.2. The van der Waals surface area contributed by atoms with Crippen LogP contribution < -0.4 is 15.5 Å². The summed E-state index contributed by atoms with van der Waals surface area (Å²) in [6, 6.07) is 21.1. The molecule has 3 aromatic carbocycles. The van der Waals surface area contributed by atoms with E-state index in [-0.39, 0.29) is 17.7 Å². The number of rotatable bonds is 8. The number of pyridine rings is 1. The van der Waals surface area contributed by atoms with Gasteiger partial charge in [0, 0.05) is 52.3 Å². The van der Waals surface area contributed by atoms with Crippen molar-refractivity contribution in [2.45, 2.75) is 116 Å². The van der Waals surface area contributed by atoms with E-state index in [1.165, 1.54) is 18.1 Å². The van der Waals surface area contributed by atoms with Gasteiger partial charge in [0.05, 0.1) is 38.2 Å². The second-order valence-electron chi connectivity index (χ2n) is 18.5. The van der Waals surface area contributed by atoms with Crippen LogP contribution in [0.1, 0.15) is 117 Å². The highest BCUT2D eigenvalue weighted by Crippen LogP contribution is 2.49. The number of hydrogen-bond donors (Lipinski definition) is 3. The number of aromatic nitrogens is 3. The van der Waals surface area contributed by atoms with E-state index in [9.17, 15) is 19.2 Å². The fourth-order valence-corrected chi connectivity index (χ4v) is 10.9. The third kappa shape index (κ3) is 8.29. The summed E-state index contributed by atoms with van der Waals surface area (Å²) in [4.78, 5) is 66.4. The Morgan fingerprint density at radius 2 is 1.61 bits per heavy atom. The standard InChI is InChI=1S/C51H54N6O6S/c1-30-46(64-31(2)52-30)40-23-20-36-39(54-40)22-21-38-44(36)57(49(62)63-50(3,4)5)28-27-56-41-29-34(16-19-37(41)43(45(38)56)33-11-7-6-8-12-33)47(60)55-51(25-9-10-26-51)48(61)53-35-17-13-32(14-18-35)15-24-42(58)59/h13-24,29,33H,6-12,25-28H2,1-5H3,(H,53,61)(H,55,60)(H,58,59). The Morgan fingerprint density at radius 3 is 2.30 bits per heavy atom. The Bertz CT molecular complexity index is 2860. The molecule has 330 valence electrons. The highest BCUT2D eigenvalue weighted by Gasteiger charge is 2.43. The van der Waals surface area contributed by atoms with Crippen LogP contribution in [0.4, 0.5) is 16.2 Å². The van der Waals surface area contributed by atoms with Gasteiger partial charge in [-0.15, -0.1) is 11.3 Å².